The van der Waals surface area contributed by atoms with Crippen LogP contribution in [0.25, 0.3) is 11.4 Å². The molecule has 2 unspecified atom stereocenters. The molecule has 2 aromatic rings. The molecule has 1 aliphatic heterocycles. The Balaban J connectivity index is 1.81. The van der Waals surface area contributed by atoms with Gasteiger partial charge in [0.15, 0.2) is 5.82 Å². The Labute approximate surface area is 106 Å². The second-order valence-electron chi connectivity index (χ2n) is 5.19. The van der Waals surface area contributed by atoms with E-state index in [9.17, 15) is 0 Å². The minimum atomic E-state index is 0.587. The van der Waals surface area contributed by atoms with E-state index in [1.165, 1.54) is 17.7 Å². The second-order valence-corrected chi connectivity index (χ2v) is 5.19. The quantitative estimate of drug-likeness (QED) is 0.827. The van der Waals surface area contributed by atoms with Crippen molar-refractivity contribution in [1.29, 1.82) is 0 Å². The molecule has 1 aromatic carbocycles. The van der Waals surface area contributed by atoms with Crippen molar-refractivity contribution in [3.63, 3.8) is 0 Å². The molecular weight excluding hydrogens is 222 g/mol. The van der Waals surface area contributed by atoms with E-state index < -0.39 is 0 Å². The minimum Gasteiger partial charge on any atom is -0.315 e. The van der Waals surface area contributed by atoms with E-state index in [4.69, 9.17) is 4.98 Å². The zero-order valence-corrected chi connectivity index (χ0v) is 10.1. The van der Waals surface area contributed by atoms with E-state index in [1.54, 1.807) is 0 Å². The van der Waals surface area contributed by atoms with Crippen LogP contribution < -0.4 is 5.32 Å². The summed E-state index contributed by atoms with van der Waals surface area (Å²) in [6.07, 6.45) is 3.29. The van der Waals surface area contributed by atoms with E-state index in [-0.39, 0.29) is 0 Å². The fraction of sp³-hybridized carbons (Fsp3) is 0.333. The average molecular weight is 237 g/mol. The summed E-state index contributed by atoms with van der Waals surface area (Å²) < 4.78 is 0. The molecule has 1 fully saturated rings. The summed E-state index contributed by atoms with van der Waals surface area (Å²) in [6.45, 7) is 2.15. The molecule has 2 bridgehead atoms. The Kier molecular flexibility index (Phi) is 2.20. The van der Waals surface area contributed by atoms with Crippen molar-refractivity contribution in [3.05, 3.63) is 47.8 Å². The van der Waals surface area contributed by atoms with Crippen LogP contribution in [-0.2, 0) is 0 Å². The number of nitrogens with zero attached hydrogens (tertiary/aromatic N) is 2. The number of hydrogen-bond donors (Lipinski definition) is 1. The summed E-state index contributed by atoms with van der Waals surface area (Å²) in [7, 11) is 0. The van der Waals surface area contributed by atoms with E-state index in [2.05, 4.69) is 22.4 Å². The van der Waals surface area contributed by atoms with Crippen molar-refractivity contribution < 1.29 is 0 Å². The van der Waals surface area contributed by atoms with Gasteiger partial charge in [0.25, 0.3) is 0 Å². The molecule has 1 aliphatic carbocycles. The van der Waals surface area contributed by atoms with Crippen molar-refractivity contribution in [2.45, 2.75) is 18.3 Å². The van der Waals surface area contributed by atoms with Gasteiger partial charge in [0.1, 0.15) is 0 Å². The van der Waals surface area contributed by atoms with Crippen LogP contribution in [-0.4, -0.2) is 23.1 Å². The highest BCUT2D eigenvalue weighted by molar-refractivity contribution is 5.55. The first-order valence-electron chi connectivity index (χ1n) is 6.55. The van der Waals surface area contributed by atoms with Gasteiger partial charge in [0, 0.05) is 36.7 Å². The topological polar surface area (TPSA) is 37.8 Å². The first-order valence-corrected chi connectivity index (χ1v) is 6.55. The van der Waals surface area contributed by atoms with Crippen LogP contribution in [0, 0.1) is 0 Å². The Bertz CT molecular complexity index is 580. The third-order valence-electron chi connectivity index (χ3n) is 4.06. The predicted molar refractivity (Wildman–Crippen MR) is 70.4 cm³/mol. The zero-order valence-electron chi connectivity index (χ0n) is 10.1. The van der Waals surface area contributed by atoms with Crippen LogP contribution in [0.1, 0.15) is 29.5 Å². The molecule has 1 aromatic heterocycles. The number of rotatable bonds is 1. The smallest absolute Gasteiger partial charge is 0.159 e. The molecule has 2 aliphatic rings. The lowest BCUT2D eigenvalue weighted by Gasteiger charge is -2.19. The number of benzene rings is 1. The maximum Gasteiger partial charge on any atom is 0.159 e. The lowest BCUT2D eigenvalue weighted by Crippen LogP contribution is -2.28. The molecule has 0 amide bonds. The number of hydrogen-bond acceptors (Lipinski definition) is 3. The Morgan fingerprint density at radius 3 is 2.78 bits per heavy atom. The summed E-state index contributed by atoms with van der Waals surface area (Å²) in [6, 6.07) is 10.2. The molecule has 2 heterocycles. The number of fused-ring (bicyclic) bond motifs is 5. The van der Waals surface area contributed by atoms with Gasteiger partial charge in [-0.15, -0.1) is 0 Å². The van der Waals surface area contributed by atoms with Crippen LogP contribution in [0.2, 0.25) is 0 Å². The van der Waals surface area contributed by atoms with Gasteiger partial charge in [-0.05, 0) is 12.0 Å². The summed E-state index contributed by atoms with van der Waals surface area (Å²) in [5.41, 5.74) is 3.75. The van der Waals surface area contributed by atoms with E-state index in [1.807, 2.05) is 24.4 Å². The summed E-state index contributed by atoms with van der Waals surface area (Å²) in [5.74, 6) is 2.08. The number of piperidine rings is 1. The summed E-state index contributed by atoms with van der Waals surface area (Å²) in [4.78, 5) is 9.36. The molecule has 90 valence electrons. The van der Waals surface area contributed by atoms with Crippen molar-refractivity contribution in [2.75, 3.05) is 13.1 Å². The predicted octanol–water partition coefficient (Wildman–Crippen LogP) is 2.32. The van der Waals surface area contributed by atoms with E-state index >= 15 is 0 Å². The van der Waals surface area contributed by atoms with Gasteiger partial charge in [0.05, 0.1) is 5.69 Å². The fourth-order valence-electron chi connectivity index (χ4n) is 3.16. The fourth-order valence-corrected chi connectivity index (χ4v) is 3.16. The highest BCUT2D eigenvalue weighted by Gasteiger charge is 2.35. The standard InChI is InChI=1S/C15H15N3/c1-2-4-10(5-3-1)15-17-9-13-11-6-12(8-16-7-11)14(13)18-15/h1-5,9,11-12,16H,6-8H2. The molecule has 0 spiro atoms. The van der Waals surface area contributed by atoms with Crippen LogP contribution in [0.4, 0.5) is 0 Å². The van der Waals surface area contributed by atoms with Crippen molar-refractivity contribution in [3.8, 4) is 11.4 Å². The van der Waals surface area contributed by atoms with Gasteiger partial charge in [-0.2, -0.15) is 0 Å². The van der Waals surface area contributed by atoms with Crippen molar-refractivity contribution in [2.24, 2.45) is 0 Å². The molecular formula is C15H15N3. The number of nitrogens with one attached hydrogen (secondary N) is 1. The average Bonchev–Trinajstić information content (AvgIpc) is 2.71. The zero-order chi connectivity index (χ0) is 11.9. The first-order chi connectivity index (χ1) is 8.92. The monoisotopic (exact) mass is 237 g/mol. The SMILES string of the molecule is c1ccc(-c2ncc3c(n2)C2CNCC3C2)cc1. The van der Waals surface area contributed by atoms with Gasteiger partial charge in [-0.25, -0.2) is 9.97 Å². The van der Waals surface area contributed by atoms with Crippen molar-refractivity contribution >= 4 is 0 Å². The molecule has 2 atom stereocenters. The lowest BCUT2D eigenvalue weighted by molar-refractivity contribution is 0.451. The maximum atomic E-state index is 4.82. The van der Waals surface area contributed by atoms with Gasteiger partial charge in [0.2, 0.25) is 0 Å². The summed E-state index contributed by atoms with van der Waals surface area (Å²) >= 11 is 0. The van der Waals surface area contributed by atoms with Crippen LogP contribution in [0.3, 0.4) is 0 Å². The minimum absolute atomic E-state index is 0.587. The van der Waals surface area contributed by atoms with E-state index in [0.29, 0.717) is 11.8 Å². The molecule has 18 heavy (non-hydrogen) atoms. The molecule has 1 N–H and O–H groups in total. The molecule has 0 radical (unpaired) electrons. The van der Waals surface area contributed by atoms with Gasteiger partial charge >= 0.3 is 0 Å². The van der Waals surface area contributed by atoms with Gasteiger partial charge in [-0.3, -0.25) is 0 Å². The van der Waals surface area contributed by atoms with Crippen molar-refractivity contribution in [1.82, 2.24) is 15.3 Å². The normalized spacial score (nSPS) is 24.9. The maximum absolute atomic E-state index is 4.82. The second kappa shape index (κ2) is 3.89. The summed E-state index contributed by atoms with van der Waals surface area (Å²) in [5, 5.41) is 3.49. The lowest BCUT2D eigenvalue weighted by atomic mass is 9.98. The third-order valence-corrected chi connectivity index (χ3v) is 4.06. The van der Waals surface area contributed by atoms with Gasteiger partial charge < -0.3 is 5.32 Å². The largest absolute Gasteiger partial charge is 0.315 e. The number of aromatic nitrogens is 2. The molecule has 3 nitrogen and oxygen atoms in total. The Morgan fingerprint density at radius 2 is 1.89 bits per heavy atom. The highest BCUT2D eigenvalue weighted by Crippen LogP contribution is 2.42. The third kappa shape index (κ3) is 1.47. The van der Waals surface area contributed by atoms with Gasteiger partial charge in [-0.1, -0.05) is 30.3 Å². The molecule has 4 rings (SSSR count). The molecule has 0 saturated carbocycles. The Morgan fingerprint density at radius 1 is 1.06 bits per heavy atom. The van der Waals surface area contributed by atoms with Crippen LogP contribution in [0.5, 0.6) is 0 Å². The van der Waals surface area contributed by atoms with E-state index in [0.717, 1.165) is 24.5 Å². The highest BCUT2D eigenvalue weighted by atomic mass is 15.0. The van der Waals surface area contributed by atoms with Crippen LogP contribution >= 0.6 is 0 Å². The Hall–Kier alpha value is -1.74. The molecule has 1 saturated heterocycles. The molecule has 3 heteroatoms. The first kappa shape index (κ1) is 10.2. The van der Waals surface area contributed by atoms with Crippen LogP contribution in [0.15, 0.2) is 36.5 Å².